The maximum atomic E-state index is 12.4. The Morgan fingerprint density at radius 2 is 1.92 bits per heavy atom. The number of H-pyrrole nitrogens is 1. The summed E-state index contributed by atoms with van der Waals surface area (Å²) in [5.41, 5.74) is 0.940. The summed E-state index contributed by atoms with van der Waals surface area (Å²) in [4.78, 5) is 8.27. The SMILES string of the molecule is C[C@H](Oc1cncc(Nc2cc(CC(F)(F)F)[nH]n2)n1)c1ccccc1. The Kier molecular flexibility index (Phi) is 5.06. The number of benzene rings is 1. The van der Waals surface area contributed by atoms with E-state index in [2.05, 4.69) is 25.5 Å². The van der Waals surface area contributed by atoms with Crippen LogP contribution in [0.3, 0.4) is 0 Å². The monoisotopic (exact) mass is 363 g/mol. The van der Waals surface area contributed by atoms with E-state index in [0.29, 0.717) is 5.82 Å². The summed E-state index contributed by atoms with van der Waals surface area (Å²) in [5.74, 6) is 0.817. The first kappa shape index (κ1) is 17.7. The van der Waals surface area contributed by atoms with Crippen molar-refractivity contribution in [3.63, 3.8) is 0 Å². The number of hydrogen-bond donors (Lipinski definition) is 2. The lowest BCUT2D eigenvalue weighted by Gasteiger charge is -2.14. The molecule has 0 aliphatic heterocycles. The van der Waals surface area contributed by atoms with Gasteiger partial charge in [-0.15, -0.1) is 0 Å². The van der Waals surface area contributed by atoms with Crippen LogP contribution in [0, 0.1) is 0 Å². The summed E-state index contributed by atoms with van der Waals surface area (Å²) < 4.78 is 42.9. The van der Waals surface area contributed by atoms with Gasteiger partial charge in [-0.2, -0.15) is 23.3 Å². The van der Waals surface area contributed by atoms with Crippen molar-refractivity contribution < 1.29 is 17.9 Å². The standard InChI is InChI=1S/C17H16F3N5O/c1-11(12-5-3-2-4-6-12)26-16-10-21-9-15(23-16)22-14-7-13(24-25-14)8-17(18,19)20/h2-7,9-11H,8H2,1H3,(H2,22,23,24,25)/t11-/m0/s1. The minimum atomic E-state index is -4.30. The average molecular weight is 363 g/mol. The Morgan fingerprint density at radius 1 is 1.15 bits per heavy atom. The van der Waals surface area contributed by atoms with Gasteiger partial charge in [-0.3, -0.25) is 10.1 Å². The third-order valence-corrected chi connectivity index (χ3v) is 3.46. The Balaban J connectivity index is 1.66. The molecular formula is C17H16F3N5O. The molecule has 1 aromatic carbocycles. The number of alkyl halides is 3. The molecule has 136 valence electrons. The highest BCUT2D eigenvalue weighted by Crippen LogP contribution is 2.23. The summed E-state index contributed by atoms with van der Waals surface area (Å²) in [6, 6.07) is 10.9. The van der Waals surface area contributed by atoms with Gasteiger partial charge in [-0.25, -0.2) is 0 Å². The molecule has 0 bridgehead atoms. The van der Waals surface area contributed by atoms with Gasteiger partial charge in [0.1, 0.15) is 6.10 Å². The minimum Gasteiger partial charge on any atom is -0.469 e. The molecule has 0 saturated heterocycles. The van der Waals surface area contributed by atoms with Crippen molar-refractivity contribution in [2.24, 2.45) is 0 Å². The van der Waals surface area contributed by atoms with Gasteiger partial charge in [-0.1, -0.05) is 30.3 Å². The highest BCUT2D eigenvalue weighted by atomic mass is 19.4. The molecule has 2 aromatic heterocycles. The van der Waals surface area contributed by atoms with E-state index in [-0.39, 0.29) is 23.5 Å². The highest BCUT2D eigenvalue weighted by molar-refractivity contribution is 5.51. The molecule has 1 atom stereocenters. The van der Waals surface area contributed by atoms with Crippen LogP contribution in [-0.2, 0) is 6.42 Å². The maximum Gasteiger partial charge on any atom is 0.394 e. The molecule has 2 N–H and O–H groups in total. The van der Waals surface area contributed by atoms with Crippen molar-refractivity contribution in [2.75, 3.05) is 5.32 Å². The zero-order valence-electron chi connectivity index (χ0n) is 13.8. The molecule has 0 saturated carbocycles. The van der Waals surface area contributed by atoms with E-state index in [1.54, 1.807) is 0 Å². The van der Waals surface area contributed by atoms with Crippen LogP contribution in [0.2, 0.25) is 0 Å². The second kappa shape index (κ2) is 7.42. The molecule has 0 aliphatic carbocycles. The van der Waals surface area contributed by atoms with Gasteiger partial charge in [0.25, 0.3) is 0 Å². The van der Waals surface area contributed by atoms with Gasteiger partial charge in [0.2, 0.25) is 5.88 Å². The molecule has 2 heterocycles. The van der Waals surface area contributed by atoms with Gasteiger partial charge >= 0.3 is 6.18 Å². The first-order chi connectivity index (χ1) is 12.4. The molecule has 0 spiro atoms. The second-order valence-corrected chi connectivity index (χ2v) is 5.61. The zero-order valence-corrected chi connectivity index (χ0v) is 13.8. The molecule has 3 rings (SSSR count). The highest BCUT2D eigenvalue weighted by Gasteiger charge is 2.28. The summed E-state index contributed by atoms with van der Waals surface area (Å²) in [6.07, 6.45) is -2.72. The van der Waals surface area contributed by atoms with Crippen LogP contribution in [0.25, 0.3) is 0 Å². The van der Waals surface area contributed by atoms with Gasteiger partial charge in [0, 0.05) is 11.8 Å². The van der Waals surface area contributed by atoms with Crippen LogP contribution < -0.4 is 10.1 Å². The third kappa shape index (κ3) is 4.95. The summed E-state index contributed by atoms with van der Waals surface area (Å²) in [5, 5.41) is 8.93. The molecule has 3 aromatic rings. The lowest BCUT2D eigenvalue weighted by Crippen LogP contribution is -2.11. The third-order valence-electron chi connectivity index (χ3n) is 3.46. The topological polar surface area (TPSA) is 75.7 Å². The fraction of sp³-hybridized carbons (Fsp3) is 0.235. The summed E-state index contributed by atoms with van der Waals surface area (Å²) >= 11 is 0. The summed E-state index contributed by atoms with van der Waals surface area (Å²) in [7, 11) is 0. The molecule has 9 heteroatoms. The quantitative estimate of drug-likeness (QED) is 0.687. The Bertz CT molecular complexity index is 851. The number of ether oxygens (including phenoxy) is 1. The number of nitrogens with one attached hydrogen (secondary N) is 2. The van der Waals surface area contributed by atoms with Crippen LogP contribution in [-0.4, -0.2) is 26.3 Å². The van der Waals surface area contributed by atoms with Crippen LogP contribution in [0.5, 0.6) is 5.88 Å². The minimum absolute atomic E-state index is 0.0435. The first-order valence-corrected chi connectivity index (χ1v) is 7.81. The predicted molar refractivity (Wildman–Crippen MR) is 89.1 cm³/mol. The molecule has 0 amide bonds. The molecule has 6 nitrogen and oxygen atoms in total. The van der Waals surface area contributed by atoms with E-state index in [1.807, 2.05) is 37.3 Å². The number of halogens is 3. The van der Waals surface area contributed by atoms with Crippen LogP contribution >= 0.6 is 0 Å². The number of aromatic nitrogens is 4. The van der Waals surface area contributed by atoms with Crippen molar-refractivity contribution >= 4 is 11.6 Å². The van der Waals surface area contributed by atoms with Crippen molar-refractivity contribution in [3.8, 4) is 5.88 Å². The lowest BCUT2D eigenvalue weighted by atomic mass is 10.1. The second-order valence-electron chi connectivity index (χ2n) is 5.61. The van der Waals surface area contributed by atoms with Crippen molar-refractivity contribution in [1.82, 2.24) is 20.2 Å². The van der Waals surface area contributed by atoms with Crippen LogP contribution in [0.1, 0.15) is 24.3 Å². The van der Waals surface area contributed by atoms with E-state index in [4.69, 9.17) is 4.74 Å². The van der Waals surface area contributed by atoms with Gasteiger partial charge in [-0.05, 0) is 12.5 Å². The van der Waals surface area contributed by atoms with E-state index in [0.717, 1.165) is 5.56 Å². The number of nitrogens with zero attached hydrogens (tertiary/aromatic N) is 3. The Morgan fingerprint density at radius 3 is 2.65 bits per heavy atom. The smallest absolute Gasteiger partial charge is 0.394 e. The van der Waals surface area contributed by atoms with E-state index in [9.17, 15) is 13.2 Å². The summed E-state index contributed by atoms with van der Waals surface area (Å²) in [6.45, 7) is 1.88. The number of aromatic amines is 1. The fourth-order valence-electron chi connectivity index (χ4n) is 2.30. The van der Waals surface area contributed by atoms with Crippen molar-refractivity contribution in [2.45, 2.75) is 25.6 Å². The number of hydrogen-bond acceptors (Lipinski definition) is 5. The van der Waals surface area contributed by atoms with Gasteiger partial charge in [0.05, 0.1) is 18.8 Å². The normalized spacial score (nSPS) is 12.6. The Labute approximate surface area is 147 Å². The molecular weight excluding hydrogens is 347 g/mol. The van der Waals surface area contributed by atoms with E-state index >= 15 is 0 Å². The number of rotatable bonds is 6. The van der Waals surface area contributed by atoms with Crippen molar-refractivity contribution in [3.05, 3.63) is 60.0 Å². The number of anilines is 2. The first-order valence-electron chi connectivity index (χ1n) is 7.81. The van der Waals surface area contributed by atoms with Gasteiger partial charge in [0.15, 0.2) is 11.6 Å². The van der Waals surface area contributed by atoms with E-state index in [1.165, 1.54) is 18.5 Å². The molecule has 0 unspecified atom stereocenters. The zero-order chi connectivity index (χ0) is 18.6. The van der Waals surface area contributed by atoms with Crippen LogP contribution in [0.15, 0.2) is 48.8 Å². The fourth-order valence-corrected chi connectivity index (χ4v) is 2.30. The Hall–Kier alpha value is -3.10. The lowest BCUT2D eigenvalue weighted by molar-refractivity contribution is -0.127. The predicted octanol–water partition coefficient (Wildman–Crippen LogP) is 4.19. The maximum absolute atomic E-state index is 12.4. The van der Waals surface area contributed by atoms with Crippen molar-refractivity contribution in [1.29, 1.82) is 0 Å². The molecule has 0 fully saturated rings. The largest absolute Gasteiger partial charge is 0.469 e. The molecule has 0 radical (unpaired) electrons. The van der Waals surface area contributed by atoms with E-state index < -0.39 is 12.6 Å². The average Bonchev–Trinajstić information content (AvgIpc) is 3.01. The molecule has 0 aliphatic rings. The van der Waals surface area contributed by atoms with Gasteiger partial charge < -0.3 is 10.1 Å². The molecule has 26 heavy (non-hydrogen) atoms. The van der Waals surface area contributed by atoms with Crippen LogP contribution in [0.4, 0.5) is 24.8 Å².